The molecule has 2 atom stereocenters. The maximum absolute atomic E-state index is 10.0. The molecule has 2 aromatic carbocycles. The number of rotatable bonds is 2. The molecule has 0 amide bonds. The number of nitrogens with zero attached hydrogens (tertiary/aromatic N) is 1. The van der Waals surface area contributed by atoms with Crippen molar-refractivity contribution in [2.75, 3.05) is 0 Å². The maximum Gasteiger partial charge on any atom is 0.0598 e. The zero-order valence-electron chi connectivity index (χ0n) is 20.4. The Morgan fingerprint density at radius 2 is 1.50 bits per heavy atom. The van der Waals surface area contributed by atoms with Crippen LogP contribution in [0.5, 0.6) is 0 Å². The van der Waals surface area contributed by atoms with Crippen LogP contribution in [-0.4, -0.2) is 27.4 Å². The van der Waals surface area contributed by atoms with Gasteiger partial charge >= 0.3 is 0 Å². The number of pyridine rings is 1. The van der Waals surface area contributed by atoms with Gasteiger partial charge in [0.1, 0.15) is 0 Å². The first-order chi connectivity index (χ1) is 16.0. The van der Waals surface area contributed by atoms with E-state index in [9.17, 15) is 10.2 Å². The molecule has 2 N–H and O–H groups in total. The SMILES string of the molecule is CC(C)c1cccc2nc(-c3[c-]cccc3)ccc12.OC1CCCCC2CCCCC(O)C12.[Ir]. The number of fused-ring (bicyclic) bond motifs is 2. The zero-order chi connectivity index (χ0) is 23.2. The Kier molecular flexibility index (Phi) is 10.3. The predicted molar refractivity (Wildman–Crippen MR) is 136 cm³/mol. The fraction of sp³-hybridized carbons (Fsp3) is 0.500. The fourth-order valence-corrected chi connectivity index (χ4v) is 5.70. The molecule has 3 aromatic rings. The van der Waals surface area contributed by atoms with Crippen LogP contribution in [-0.2, 0) is 20.1 Å². The van der Waals surface area contributed by atoms with Crippen molar-refractivity contribution in [1.29, 1.82) is 0 Å². The Morgan fingerprint density at radius 3 is 2.12 bits per heavy atom. The molecule has 0 spiro atoms. The van der Waals surface area contributed by atoms with Gasteiger partial charge in [0.15, 0.2) is 0 Å². The second-order valence-electron chi connectivity index (χ2n) is 10.1. The van der Waals surface area contributed by atoms with Crippen LogP contribution in [0.4, 0.5) is 0 Å². The molecular formula is C30H38IrNO2-. The van der Waals surface area contributed by atoms with Crippen LogP contribution in [0, 0.1) is 17.9 Å². The third kappa shape index (κ3) is 6.55. The summed E-state index contributed by atoms with van der Waals surface area (Å²) in [6.45, 7) is 4.43. The number of hydrogen-bond acceptors (Lipinski definition) is 3. The molecule has 5 rings (SSSR count). The number of aliphatic hydroxyl groups excluding tert-OH is 2. The minimum absolute atomic E-state index is 0. The largest absolute Gasteiger partial charge is 0.393 e. The summed E-state index contributed by atoms with van der Waals surface area (Å²) in [6, 6.07) is 21.8. The van der Waals surface area contributed by atoms with Crippen molar-refractivity contribution in [3.8, 4) is 11.3 Å². The fourth-order valence-electron chi connectivity index (χ4n) is 5.70. The molecule has 2 saturated carbocycles. The van der Waals surface area contributed by atoms with Crippen molar-refractivity contribution < 1.29 is 30.3 Å². The van der Waals surface area contributed by atoms with Crippen LogP contribution >= 0.6 is 0 Å². The molecule has 2 fully saturated rings. The Labute approximate surface area is 218 Å². The number of benzene rings is 2. The summed E-state index contributed by atoms with van der Waals surface area (Å²) in [5.41, 5.74) is 4.43. The van der Waals surface area contributed by atoms with E-state index in [0.717, 1.165) is 42.5 Å². The summed E-state index contributed by atoms with van der Waals surface area (Å²) < 4.78 is 0. The average Bonchev–Trinajstić information content (AvgIpc) is 3.14. The Morgan fingerprint density at radius 1 is 0.824 bits per heavy atom. The van der Waals surface area contributed by atoms with Crippen molar-refractivity contribution in [1.82, 2.24) is 4.98 Å². The summed E-state index contributed by atoms with van der Waals surface area (Å²) in [6.07, 6.45) is 8.53. The van der Waals surface area contributed by atoms with Gasteiger partial charge in [-0.1, -0.05) is 63.8 Å². The summed E-state index contributed by atoms with van der Waals surface area (Å²) in [5.74, 6) is 1.28. The van der Waals surface area contributed by atoms with Crippen LogP contribution in [0.1, 0.15) is 76.7 Å². The third-order valence-electron chi connectivity index (χ3n) is 7.46. The standard InChI is InChI=1S/C18H16N.C12H22O2.Ir/c1-13(2)15-9-6-10-18-16(15)11-12-17(19-18)14-7-4-3-5-8-14;13-10-7-3-1-5-9-6-2-4-8-11(14)12(9)10;/h3-7,9-13H,1-2H3;9-14H,1-8H2;/q-1;;. The number of aromatic nitrogens is 1. The van der Waals surface area contributed by atoms with Crippen molar-refractivity contribution in [3.05, 3.63) is 66.2 Å². The first-order valence-corrected chi connectivity index (χ1v) is 12.8. The smallest absolute Gasteiger partial charge is 0.0598 e. The van der Waals surface area contributed by atoms with Crippen LogP contribution in [0.3, 0.4) is 0 Å². The third-order valence-corrected chi connectivity index (χ3v) is 7.46. The Balaban J connectivity index is 0.000000193. The van der Waals surface area contributed by atoms with Gasteiger partial charge in [-0.05, 0) is 54.8 Å². The van der Waals surface area contributed by atoms with Gasteiger partial charge in [0.05, 0.1) is 17.7 Å². The van der Waals surface area contributed by atoms with Crippen LogP contribution in [0.15, 0.2) is 54.6 Å². The molecule has 1 aromatic heterocycles. The van der Waals surface area contributed by atoms with Crippen LogP contribution in [0.2, 0.25) is 0 Å². The topological polar surface area (TPSA) is 53.4 Å². The minimum atomic E-state index is -0.240. The van der Waals surface area contributed by atoms with E-state index in [4.69, 9.17) is 4.98 Å². The van der Waals surface area contributed by atoms with Gasteiger partial charge in [0, 0.05) is 31.4 Å². The second-order valence-corrected chi connectivity index (χ2v) is 10.1. The zero-order valence-corrected chi connectivity index (χ0v) is 22.8. The van der Waals surface area contributed by atoms with E-state index in [1.165, 1.54) is 36.6 Å². The van der Waals surface area contributed by atoms with Gasteiger partial charge in [-0.3, -0.25) is 4.98 Å². The van der Waals surface area contributed by atoms with E-state index in [0.29, 0.717) is 11.8 Å². The molecule has 2 unspecified atom stereocenters. The van der Waals surface area contributed by atoms with Gasteiger partial charge < -0.3 is 10.2 Å². The molecule has 4 heteroatoms. The summed E-state index contributed by atoms with van der Waals surface area (Å²) in [4.78, 5) is 4.76. The average molecular weight is 637 g/mol. The molecule has 2 aliphatic carbocycles. The quantitative estimate of drug-likeness (QED) is 0.301. The van der Waals surface area contributed by atoms with Crippen LogP contribution < -0.4 is 0 Å². The molecular weight excluding hydrogens is 599 g/mol. The van der Waals surface area contributed by atoms with E-state index in [2.05, 4.69) is 50.2 Å². The van der Waals surface area contributed by atoms with E-state index >= 15 is 0 Å². The maximum atomic E-state index is 10.0. The second kappa shape index (κ2) is 12.9. The molecule has 185 valence electrons. The summed E-state index contributed by atoms with van der Waals surface area (Å²) >= 11 is 0. The van der Waals surface area contributed by atoms with Gasteiger partial charge in [0.2, 0.25) is 0 Å². The van der Waals surface area contributed by atoms with Gasteiger partial charge in [0.25, 0.3) is 0 Å². The first kappa shape index (κ1) is 27.0. The Hall–Kier alpha value is -1.58. The van der Waals surface area contributed by atoms with Crippen molar-refractivity contribution in [3.63, 3.8) is 0 Å². The van der Waals surface area contributed by atoms with Gasteiger partial charge in [-0.2, -0.15) is 0 Å². The van der Waals surface area contributed by atoms with Gasteiger partial charge in [-0.25, -0.2) is 0 Å². The number of hydrogen-bond donors (Lipinski definition) is 2. The molecule has 1 heterocycles. The normalized spacial score (nSPS) is 24.7. The molecule has 34 heavy (non-hydrogen) atoms. The van der Waals surface area contributed by atoms with Gasteiger partial charge in [-0.15, -0.1) is 35.9 Å². The monoisotopic (exact) mass is 637 g/mol. The van der Waals surface area contributed by atoms with E-state index < -0.39 is 0 Å². The van der Waals surface area contributed by atoms with E-state index in [1.54, 1.807) is 0 Å². The van der Waals surface area contributed by atoms with Crippen molar-refractivity contribution in [2.24, 2.45) is 11.8 Å². The molecule has 1 radical (unpaired) electrons. The van der Waals surface area contributed by atoms with E-state index in [1.807, 2.05) is 24.3 Å². The van der Waals surface area contributed by atoms with Crippen molar-refractivity contribution in [2.45, 2.75) is 83.3 Å². The summed E-state index contributed by atoms with van der Waals surface area (Å²) in [5, 5.41) is 21.3. The molecule has 0 bridgehead atoms. The van der Waals surface area contributed by atoms with Crippen molar-refractivity contribution >= 4 is 10.9 Å². The summed E-state index contributed by atoms with van der Waals surface area (Å²) in [7, 11) is 0. The van der Waals surface area contributed by atoms with E-state index in [-0.39, 0.29) is 38.2 Å². The van der Waals surface area contributed by atoms with Crippen LogP contribution in [0.25, 0.3) is 22.2 Å². The predicted octanol–water partition coefficient (Wildman–Crippen LogP) is 6.91. The minimum Gasteiger partial charge on any atom is -0.393 e. The Bertz CT molecular complexity index is 1000. The molecule has 2 aliphatic rings. The first-order valence-electron chi connectivity index (χ1n) is 12.8. The molecule has 0 aliphatic heterocycles. The molecule has 3 nitrogen and oxygen atoms in total. The number of aliphatic hydroxyl groups is 2. The molecule has 0 saturated heterocycles.